The summed E-state index contributed by atoms with van der Waals surface area (Å²) >= 11 is 3.23. The fraction of sp³-hybridized carbons (Fsp3) is 0.333. The molecule has 0 atom stereocenters. The molecular formula is C12H15BrFN. The molecule has 3 heteroatoms. The monoisotopic (exact) mass is 271 g/mol. The molecule has 82 valence electrons. The molecule has 0 radical (unpaired) electrons. The highest BCUT2D eigenvalue weighted by Crippen LogP contribution is 2.17. The van der Waals surface area contributed by atoms with Crippen molar-refractivity contribution in [2.24, 2.45) is 0 Å². The Kier molecular flexibility index (Phi) is 4.99. The van der Waals surface area contributed by atoms with Gasteiger partial charge in [0.15, 0.2) is 0 Å². The fourth-order valence-electron chi connectivity index (χ4n) is 1.26. The molecule has 0 saturated heterocycles. The molecule has 1 aromatic rings. The number of likely N-dealkylation sites (N-methyl/N-ethyl adjacent to an activating group) is 1. The van der Waals surface area contributed by atoms with E-state index in [1.807, 2.05) is 26.0 Å². The SMILES string of the molecule is CCNCC(C)=Cc1ccc(Br)cc1F. The molecule has 0 spiro atoms. The molecule has 0 saturated carbocycles. The van der Waals surface area contributed by atoms with Crippen LogP contribution in [0, 0.1) is 5.82 Å². The average Bonchev–Trinajstić information content (AvgIpc) is 2.19. The Balaban J connectivity index is 2.78. The van der Waals surface area contributed by atoms with Crippen molar-refractivity contribution in [1.82, 2.24) is 5.32 Å². The molecule has 0 bridgehead atoms. The predicted molar refractivity (Wildman–Crippen MR) is 66.3 cm³/mol. The van der Waals surface area contributed by atoms with Crippen molar-refractivity contribution >= 4 is 22.0 Å². The van der Waals surface area contributed by atoms with Gasteiger partial charge in [-0.15, -0.1) is 0 Å². The third kappa shape index (κ3) is 4.14. The maximum Gasteiger partial charge on any atom is 0.131 e. The lowest BCUT2D eigenvalue weighted by molar-refractivity contribution is 0.624. The lowest BCUT2D eigenvalue weighted by atomic mass is 10.1. The van der Waals surface area contributed by atoms with Crippen LogP contribution in [-0.2, 0) is 0 Å². The minimum Gasteiger partial charge on any atom is -0.313 e. The van der Waals surface area contributed by atoms with Gasteiger partial charge in [0.2, 0.25) is 0 Å². The summed E-state index contributed by atoms with van der Waals surface area (Å²) in [5.41, 5.74) is 1.76. The zero-order chi connectivity index (χ0) is 11.3. The average molecular weight is 272 g/mol. The first kappa shape index (κ1) is 12.4. The van der Waals surface area contributed by atoms with Gasteiger partial charge in [0.05, 0.1) is 0 Å². The summed E-state index contributed by atoms with van der Waals surface area (Å²) in [6.45, 7) is 5.76. The van der Waals surface area contributed by atoms with E-state index in [9.17, 15) is 4.39 Å². The number of rotatable bonds is 4. The fourth-order valence-corrected chi connectivity index (χ4v) is 1.59. The van der Waals surface area contributed by atoms with Crippen molar-refractivity contribution in [2.45, 2.75) is 13.8 Å². The highest BCUT2D eigenvalue weighted by atomic mass is 79.9. The molecule has 0 heterocycles. The molecular weight excluding hydrogens is 257 g/mol. The lowest BCUT2D eigenvalue weighted by Gasteiger charge is -2.03. The minimum absolute atomic E-state index is 0.194. The first-order chi connectivity index (χ1) is 7.13. The van der Waals surface area contributed by atoms with E-state index in [1.165, 1.54) is 6.07 Å². The Morgan fingerprint density at radius 2 is 2.27 bits per heavy atom. The van der Waals surface area contributed by atoms with Crippen LogP contribution in [0.25, 0.3) is 6.08 Å². The first-order valence-electron chi connectivity index (χ1n) is 4.96. The van der Waals surface area contributed by atoms with Crippen molar-refractivity contribution in [1.29, 1.82) is 0 Å². The summed E-state index contributed by atoms with van der Waals surface area (Å²) in [6, 6.07) is 5.09. The van der Waals surface area contributed by atoms with Gasteiger partial charge in [-0.3, -0.25) is 0 Å². The standard InChI is InChI=1S/C12H15BrFN/c1-3-15-8-9(2)6-10-4-5-11(13)7-12(10)14/h4-7,15H,3,8H2,1-2H3. The van der Waals surface area contributed by atoms with E-state index in [-0.39, 0.29) is 5.82 Å². The van der Waals surface area contributed by atoms with Gasteiger partial charge in [-0.05, 0) is 25.6 Å². The third-order valence-electron chi connectivity index (χ3n) is 2.02. The van der Waals surface area contributed by atoms with Crippen LogP contribution in [-0.4, -0.2) is 13.1 Å². The first-order valence-corrected chi connectivity index (χ1v) is 5.75. The highest BCUT2D eigenvalue weighted by Gasteiger charge is 2.00. The Labute approximate surface area is 98.5 Å². The van der Waals surface area contributed by atoms with Gasteiger partial charge in [-0.25, -0.2) is 4.39 Å². The van der Waals surface area contributed by atoms with Gasteiger partial charge in [-0.1, -0.05) is 40.6 Å². The van der Waals surface area contributed by atoms with Crippen molar-refractivity contribution in [2.75, 3.05) is 13.1 Å². The van der Waals surface area contributed by atoms with Crippen molar-refractivity contribution in [3.63, 3.8) is 0 Å². The van der Waals surface area contributed by atoms with Gasteiger partial charge in [-0.2, -0.15) is 0 Å². The van der Waals surface area contributed by atoms with Crippen LogP contribution >= 0.6 is 15.9 Å². The van der Waals surface area contributed by atoms with E-state index in [0.717, 1.165) is 23.1 Å². The second-order valence-electron chi connectivity index (χ2n) is 3.44. The zero-order valence-electron chi connectivity index (χ0n) is 8.98. The van der Waals surface area contributed by atoms with E-state index >= 15 is 0 Å². The molecule has 0 fully saturated rings. The molecule has 0 aliphatic carbocycles. The summed E-state index contributed by atoms with van der Waals surface area (Å²) in [5.74, 6) is -0.194. The smallest absolute Gasteiger partial charge is 0.131 e. The molecule has 0 aliphatic heterocycles. The van der Waals surface area contributed by atoms with Crippen LogP contribution < -0.4 is 5.32 Å². The Bertz CT molecular complexity index is 361. The van der Waals surface area contributed by atoms with E-state index < -0.39 is 0 Å². The van der Waals surface area contributed by atoms with Gasteiger partial charge >= 0.3 is 0 Å². The predicted octanol–water partition coefficient (Wildman–Crippen LogP) is 3.60. The number of halogens is 2. The molecule has 1 rings (SSSR count). The Hall–Kier alpha value is -0.670. The summed E-state index contributed by atoms with van der Waals surface area (Å²) in [7, 11) is 0. The number of benzene rings is 1. The lowest BCUT2D eigenvalue weighted by Crippen LogP contribution is -2.14. The zero-order valence-corrected chi connectivity index (χ0v) is 10.6. The topological polar surface area (TPSA) is 12.0 Å². The van der Waals surface area contributed by atoms with Crippen LogP contribution in [0.15, 0.2) is 28.2 Å². The van der Waals surface area contributed by atoms with Crippen molar-refractivity contribution < 1.29 is 4.39 Å². The van der Waals surface area contributed by atoms with Crippen LogP contribution in [0.5, 0.6) is 0 Å². The number of nitrogens with one attached hydrogen (secondary N) is 1. The van der Waals surface area contributed by atoms with Gasteiger partial charge < -0.3 is 5.32 Å². The van der Waals surface area contributed by atoms with E-state index in [2.05, 4.69) is 21.2 Å². The maximum atomic E-state index is 13.4. The van der Waals surface area contributed by atoms with Crippen LogP contribution in [0.4, 0.5) is 4.39 Å². The summed E-state index contributed by atoms with van der Waals surface area (Å²) < 4.78 is 14.2. The van der Waals surface area contributed by atoms with Gasteiger partial charge in [0.25, 0.3) is 0 Å². The Morgan fingerprint density at radius 3 is 2.87 bits per heavy atom. The quantitative estimate of drug-likeness (QED) is 0.883. The van der Waals surface area contributed by atoms with Crippen molar-refractivity contribution in [3.8, 4) is 0 Å². The largest absolute Gasteiger partial charge is 0.313 e. The summed E-state index contributed by atoms with van der Waals surface area (Å²) in [6.07, 6.45) is 1.87. The number of hydrogen-bond donors (Lipinski definition) is 1. The highest BCUT2D eigenvalue weighted by molar-refractivity contribution is 9.10. The molecule has 1 aromatic carbocycles. The Morgan fingerprint density at radius 1 is 1.53 bits per heavy atom. The molecule has 15 heavy (non-hydrogen) atoms. The minimum atomic E-state index is -0.194. The second-order valence-corrected chi connectivity index (χ2v) is 4.35. The van der Waals surface area contributed by atoms with Crippen LogP contribution in [0.3, 0.4) is 0 Å². The number of hydrogen-bond acceptors (Lipinski definition) is 1. The van der Waals surface area contributed by atoms with E-state index in [4.69, 9.17) is 0 Å². The molecule has 0 aliphatic rings. The van der Waals surface area contributed by atoms with Crippen LogP contribution in [0.2, 0.25) is 0 Å². The van der Waals surface area contributed by atoms with Crippen molar-refractivity contribution in [3.05, 3.63) is 39.6 Å². The molecule has 1 N–H and O–H groups in total. The normalized spacial score (nSPS) is 11.9. The molecule has 0 amide bonds. The third-order valence-corrected chi connectivity index (χ3v) is 2.51. The summed E-state index contributed by atoms with van der Waals surface area (Å²) in [5, 5.41) is 3.20. The van der Waals surface area contributed by atoms with E-state index in [0.29, 0.717) is 5.56 Å². The van der Waals surface area contributed by atoms with Gasteiger partial charge in [0.1, 0.15) is 5.82 Å². The second kappa shape index (κ2) is 6.03. The summed E-state index contributed by atoms with van der Waals surface area (Å²) in [4.78, 5) is 0. The maximum absolute atomic E-state index is 13.4. The molecule has 0 aromatic heterocycles. The molecule has 0 unspecified atom stereocenters. The molecule has 1 nitrogen and oxygen atoms in total. The van der Waals surface area contributed by atoms with E-state index in [1.54, 1.807) is 6.07 Å². The van der Waals surface area contributed by atoms with Crippen LogP contribution in [0.1, 0.15) is 19.4 Å². The van der Waals surface area contributed by atoms with Gasteiger partial charge in [0, 0.05) is 16.6 Å².